The minimum atomic E-state index is -3.64. The third-order valence-corrected chi connectivity index (χ3v) is 5.50. The maximum Gasteiger partial charge on any atom is 0.296 e. The Hall–Kier alpha value is -0.650. The van der Waals surface area contributed by atoms with Crippen molar-refractivity contribution in [3.8, 4) is 0 Å². The zero-order valence-corrected chi connectivity index (χ0v) is 14.5. The van der Waals surface area contributed by atoms with E-state index in [-0.39, 0.29) is 11.5 Å². The summed E-state index contributed by atoms with van der Waals surface area (Å²) in [5, 5.41) is 0. The quantitative estimate of drug-likeness (QED) is 0.549. The van der Waals surface area contributed by atoms with E-state index in [1.54, 1.807) is 24.3 Å². The van der Waals surface area contributed by atoms with Crippen LogP contribution in [0.2, 0.25) is 0 Å². The van der Waals surface area contributed by atoms with E-state index in [0.29, 0.717) is 6.42 Å². The molecule has 116 valence electrons. The molecule has 0 amide bonds. The van der Waals surface area contributed by atoms with E-state index in [1.807, 2.05) is 0 Å². The highest BCUT2D eigenvalue weighted by Crippen LogP contribution is 2.21. The van der Waals surface area contributed by atoms with Gasteiger partial charge in [0.05, 0.1) is 11.5 Å². The van der Waals surface area contributed by atoms with Crippen molar-refractivity contribution < 1.29 is 12.6 Å². The minimum absolute atomic E-state index is 0.206. The van der Waals surface area contributed by atoms with Crippen molar-refractivity contribution in [3.63, 3.8) is 0 Å². The lowest BCUT2D eigenvalue weighted by Crippen LogP contribution is -2.08. The molecule has 21 heavy (non-hydrogen) atoms. The van der Waals surface area contributed by atoms with E-state index in [9.17, 15) is 8.42 Å². The molecular formula is C16H21BrO3S. The number of halogens is 1. The Morgan fingerprint density at radius 2 is 1.76 bits per heavy atom. The van der Waals surface area contributed by atoms with Gasteiger partial charge < -0.3 is 0 Å². The third kappa shape index (κ3) is 5.57. The first-order valence-electron chi connectivity index (χ1n) is 7.41. The van der Waals surface area contributed by atoms with Crippen LogP contribution in [0, 0.1) is 0 Å². The van der Waals surface area contributed by atoms with Crippen LogP contribution < -0.4 is 0 Å². The van der Waals surface area contributed by atoms with Crippen molar-refractivity contribution in [1.29, 1.82) is 0 Å². The number of benzene rings is 1. The number of hydrogen-bond acceptors (Lipinski definition) is 3. The molecule has 0 fully saturated rings. The van der Waals surface area contributed by atoms with Gasteiger partial charge in [-0.2, -0.15) is 8.42 Å². The van der Waals surface area contributed by atoms with Crippen molar-refractivity contribution in [3.05, 3.63) is 40.4 Å². The molecule has 0 atom stereocenters. The molecule has 2 rings (SSSR count). The van der Waals surface area contributed by atoms with Gasteiger partial charge in [0.2, 0.25) is 0 Å². The predicted octanol–water partition coefficient (Wildman–Crippen LogP) is 4.83. The zero-order valence-electron chi connectivity index (χ0n) is 12.1. The second kappa shape index (κ2) is 8.11. The van der Waals surface area contributed by atoms with Gasteiger partial charge in [-0.05, 0) is 56.4 Å². The van der Waals surface area contributed by atoms with Crippen LogP contribution in [0.25, 0.3) is 0 Å². The summed E-state index contributed by atoms with van der Waals surface area (Å²) in [5.41, 5.74) is 1.33. The van der Waals surface area contributed by atoms with Gasteiger partial charge in [0.15, 0.2) is 0 Å². The summed E-state index contributed by atoms with van der Waals surface area (Å²) in [4.78, 5) is 0.206. The molecule has 1 aromatic carbocycles. The van der Waals surface area contributed by atoms with Gasteiger partial charge in [-0.3, -0.25) is 4.18 Å². The molecule has 0 saturated heterocycles. The standard InChI is InChI=1S/C16H21BrO3S/c17-15-8-10-16(11-9-15)21(18,19)20-13-12-14-6-4-2-1-3-5-7-14/h6,8-11H,1-5,7,12-13H2/b14-6+. The van der Waals surface area contributed by atoms with Crippen LogP contribution in [-0.4, -0.2) is 15.0 Å². The molecular weight excluding hydrogens is 352 g/mol. The normalized spacial score (nSPS) is 19.4. The molecule has 1 aliphatic rings. The highest BCUT2D eigenvalue weighted by Gasteiger charge is 2.15. The Labute approximate surface area is 135 Å². The zero-order chi connectivity index (χ0) is 15.1. The first-order valence-corrected chi connectivity index (χ1v) is 9.61. The van der Waals surface area contributed by atoms with Crippen molar-refractivity contribution >= 4 is 26.0 Å². The lowest BCUT2D eigenvalue weighted by atomic mass is 9.98. The van der Waals surface area contributed by atoms with Crippen LogP contribution in [0.5, 0.6) is 0 Å². The molecule has 0 heterocycles. The summed E-state index contributed by atoms with van der Waals surface area (Å²) in [7, 11) is -3.64. The van der Waals surface area contributed by atoms with E-state index >= 15 is 0 Å². The molecule has 1 aliphatic carbocycles. The van der Waals surface area contributed by atoms with Gasteiger partial charge in [-0.15, -0.1) is 0 Å². The minimum Gasteiger partial charge on any atom is -0.266 e. The number of allylic oxidation sites excluding steroid dienone is 1. The lowest BCUT2D eigenvalue weighted by molar-refractivity contribution is 0.319. The van der Waals surface area contributed by atoms with Crippen molar-refractivity contribution in [2.75, 3.05) is 6.61 Å². The fourth-order valence-corrected chi connectivity index (χ4v) is 3.61. The molecule has 0 spiro atoms. The van der Waals surface area contributed by atoms with Crippen LogP contribution in [0.4, 0.5) is 0 Å². The number of rotatable bonds is 5. The topological polar surface area (TPSA) is 43.4 Å². The second-order valence-corrected chi connectivity index (χ2v) is 7.83. The van der Waals surface area contributed by atoms with E-state index in [0.717, 1.165) is 17.3 Å². The smallest absolute Gasteiger partial charge is 0.266 e. The average molecular weight is 373 g/mol. The Balaban J connectivity index is 1.88. The molecule has 0 aromatic heterocycles. The van der Waals surface area contributed by atoms with Crippen LogP contribution >= 0.6 is 15.9 Å². The van der Waals surface area contributed by atoms with E-state index in [4.69, 9.17) is 4.18 Å². The number of hydrogen-bond donors (Lipinski definition) is 0. The van der Waals surface area contributed by atoms with Crippen molar-refractivity contribution in [2.24, 2.45) is 0 Å². The monoisotopic (exact) mass is 372 g/mol. The summed E-state index contributed by atoms with van der Waals surface area (Å²) in [6, 6.07) is 6.50. The van der Waals surface area contributed by atoms with E-state index < -0.39 is 10.1 Å². The van der Waals surface area contributed by atoms with Crippen LogP contribution in [0.3, 0.4) is 0 Å². The van der Waals surface area contributed by atoms with E-state index in [2.05, 4.69) is 22.0 Å². The Bertz CT molecular complexity index is 576. The average Bonchev–Trinajstić information content (AvgIpc) is 2.41. The van der Waals surface area contributed by atoms with E-state index in [1.165, 1.54) is 31.3 Å². The lowest BCUT2D eigenvalue weighted by Gasteiger charge is -2.11. The van der Waals surface area contributed by atoms with Gasteiger partial charge in [0.1, 0.15) is 0 Å². The highest BCUT2D eigenvalue weighted by molar-refractivity contribution is 9.10. The second-order valence-electron chi connectivity index (χ2n) is 5.30. The molecule has 1 aromatic rings. The maximum atomic E-state index is 12.1. The van der Waals surface area contributed by atoms with Gasteiger partial charge in [0, 0.05) is 4.47 Å². The molecule has 0 bridgehead atoms. The fourth-order valence-electron chi connectivity index (χ4n) is 2.44. The largest absolute Gasteiger partial charge is 0.296 e. The van der Waals surface area contributed by atoms with Crippen molar-refractivity contribution in [1.82, 2.24) is 0 Å². The predicted molar refractivity (Wildman–Crippen MR) is 87.7 cm³/mol. The van der Waals surface area contributed by atoms with Gasteiger partial charge in [-0.1, -0.05) is 40.4 Å². The SMILES string of the molecule is O=S(=O)(OCC/C1=C/CCCCCC1)c1ccc(Br)cc1. The third-order valence-electron chi connectivity index (χ3n) is 3.65. The first kappa shape index (κ1) is 16.7. The van der Waals surface area contributed by atoms with Crippen LogP contribution in [0.15, 0.2) is 45.3 Å². The van der Waals surface area contributed by atoms with Crippen LogP contribution in [0.1, 0.15) is 44.9 Å². The van der Waals surface area contributed by atoms with Gasteiger partial charge >= 0.3 is 0 Å². The first-order chi connectivity index (χ1) is 10.1. The summed E-state index contributed by atoms with van der Waals surface area (Å²) in [6.07, 6.45) is 10.2. The summed E-state index contributed by atoms with van der Waals surface area (Å²) in [5.74, 6) is 0. The fraction of sp³-hybridized carbons (Fsp3) is 0.500. The highest BCUT2D eigenvalue weighted by atomic mass is 79.9. The molecule has 0 unspecified atom stereocenters. The summed E-state index contributed by atoms with van der Waals surface area (Å²) in [6.45, 7) is 0.226. The molecule has 5 heteroatoms. The molecule has 0 N–H and O–H groups in total. The Morgan fingerprint density at radius 1 is 1.05 bits per heavy atom. The Morgan fingerprint density at radius 3 is 2.52 bits per heavy atom. The summed E-state index contributed by atoms with van der Waals surface area (Å²) < 4.78 is 30.1. The van der Waals surface area contributed by atoms with Gasteiger partial charge in [-0.25, -0.2) is 0 Å². The van der Waals surface area contributed by atoms with Crippen LogP contribution in [-0.2, 0) is 14.3 Å². The molecule has 3 nitrogen and oxygen atoms in total. The van der Waals surface area contributed by atoms with Gasteiger partial charge in [0.25, 0.3) is 10.1 Å². The Kier molecular flexibility index (Phi) is 6.45. The maximum absolute atomic E-state index is 12.1. The van der Waals surface area contributed by atoms with Crippen molar-refractivity contribution in [2.45, 2.75) is 49.8 Å². The molecule has 0 saturated carbocycles. The molecule has 0 aliphatic heterocycles. The molecule has 0 radical (unpaired) electrons. The summed E-state index contributed by atoms with van der Waals surface area (Å²) >= 11 is 3.29.